The standard InChI is InChI=1S/C14H20N2O2S2/c1-14(2,3)11(9-19)8-16-10-15-20(17,18)13-7-5-4-6-12(13)16/h4-7,10-11,19H,8-9H2,1-3H3. The van der Waals surface area contributed by atoms with Gasteiger partial charge in [-0.25, -0.2) is 0 Å². The Balaban J connectivity index is 2.36. The number of nitrogens with zero attached hydrogens (tertiary/aromatic N) is 2. The highest BCUT2D eigenvalue weighted by Gasteiger charge is 2.30. The predicted octanol–water partition coefficient (Wildman–Crippen LogP) is 2.82. The van der Waals surface area contributed by atoms with Crippen molar-refractivity contribution in [3.63, 3.8) is 0 Å². The summed E-state index contributed by atoms with van der Waals surface area (Å²) in [6.07, 6.45) is 1.42. The van der Waals surface area contributed by atoms with Gasteiger partial charge < -0.3 is 4.90 Å². The first-order valence-electron chi connectivity index (χ1n) is 6.53. The van der Waals surface area contributed by atoms with Crippen LogP contribution in [0, 0.1) is 11.3 Å². The third-order valence-corrected chi connectivity index (χ3v) is 5.35. The molecule has 0 N–H and O–H groups in total. The normalized spacial score (nSPS) is 18.7. The van der Waals surface area contributed by atoms with Gasteiger partial charge in [0.1, 0.15) is 11.2 Å². The molecule has 6 heteroatoms. The third-order valence-electron chi connectivity index (χ3n) is 3.64. The van der Waals surface area contributed by atoms with E-state index in [0.717, 1.165) is 5.75 Å². The van der Waals surface area contributed by atoms with E-state index in [1.54, 1.807) is 12.1 Å². The maximum atomic E-state index is 11.9. The number of fused-ring (bicyclic) bond motifs is 1. The summed E-state index contributed by atoms with van der Waals surface area (Å²) < 4.78 is 27.6. The van der Waals surface area contributed by atoms with Gasteiger partial charge in [0.15, 0.2) is 0 Å². The Morgan fingerprint density at radius 2 is 1.95 bits per heavy atom. The molecule has 1 atom stereocenters. The largest absolute Gasteiger partial charge is 0.330 e. The molecule has 0 spiro atoms. The Labute approximate surface area is 126 Å². The molecule has 4 nitrogen and oxygen atoms in total. The van der Waals surface area contributed by atoms with E-state index < -0.39 is 10.0 Å². The van der Waals surface area contributed by atoms with E-state index in [0.29, 0.717) is 18.2 Å². The molecular weight excluding hydrogens is 292 g/mol. The smallest absolute Gasteiger partial charge is 0.285 e. The zero-order valence-electron chi connectivity index (χ0n) is 11.9. The number of anilines is 1. The van der Waals surface area contributed by atoms with Gasteiger partial charge in [0, 0.05) is 6.54 Å². The van der Waals surface area contributed by atoms with Crippen molar-refractivity contribution < 1.29 is 8.42 Å². The van der Waals surface area contributed by atoms with Crippen molar-refractivity contribution >= 4 is 34.7 Å². The zero-order valence-corrected chi connectivity index (χ0v) is 13.7. The average molecular weight is 312 g/mol. The highest BCUT2D eigenvalue weighted by Crippen LogP contribution is 2.33. The molecule has 2 rings (SSSR count). The lowest BCUT2D eigenvalue weighted by molar-refractivity contribution is 0.275. The maximum Gasteiger partial charge on any atom is 0.285 e. The summed E-state index contributed by atoms with van der Waals surface area (Å²) in [5.74, 6) is 1.06. The van der Waals surface area contributed by atoms with Crippen molar-refractivity contribution in [2.45, 2.75) is 25.7 Å². The van der Waals surface area contributed by atoms with Crippen molar-refractivity contribution in [1.29, 1.82) is 0 Å². The lowest BCUT2D eigenvalue weighted by Gasteiger charge is -2.35. The summed E-state index contributed by atoms with van der Waals surface area (Å²) >= 11 is 4.42. The second-order valence-corrected chi connectivity index (χ2v) is 8.03. The number of benzene rings is 1. The van der Waals surface area contributed by atoms with Crippen LogP contribution in [-0.4, -0.2) is 27.1 Å². The molecular formula is C14H20N2O2S2. The first kappa shape index (κ1) is 15.4. The van der Waals surface area contributed by atoms with E-state index in [-0.39, 0.29) is 10.3 Å². The Morgan fingerprint density at radius 3 is 2.55 bits per heavy atom. The Hall–Kier alpha value is -1.01. The minimum Gasteiger partial charge on any atom is -0.330 e. The van der Waals surface area contributed by atoms with Gasteiger partial charge in [0.2, 0.25) is 0 Å². The summed E-state index contributed by atoms with van der Waals surface area (Å²) in [6.45, 7) is 7.19. The molecule has 1 aliphatic rings. The molecule has 0 amide bonds. The van der Waals surface area contributed by atoms with Crippen LogP contribution in [0.25, 0.3) is 0 Å². The van der Waals surface area contributed by atoms with Gasteiger partial charge in [-0.1, -0.05) is 32.9 Å². The Morgan fingerprint density at radius 1 is 1.30 bits per heavy atom. The molecule has 110 valence electrons. The van der Waals surface area contributed by atoms with Gasteiger partial charge in [0.05, 0.1) is 5.69 Å². The number of hydrogen-bond donors (Lipinski definition) is 1. The molecule has 1 heterocycles. The van der Waals surface area contributed by atoms with Crippen LogP contribution < -0.4 is 4.90 Å². The van der Waals surface area contributed by atoms with E-state index in [4.69, 9.17) is 0 Å². The summed E-state index contributed by atoms with van der Waals surface area (Å²) in [7, 11) is -3.54. The van der Waals surface area contributed by atoms with E-state index >= 15 is 0 Å². The fraction of sp³-hybridized carbons (Fsp3) is 0.500. The Bertz CT molecular complexity index is 618. The number of sulfonamides is 1. The van der Waals surface area contributed by atoms with Crippen LogP contribution in [0.4, 0.5) is 5.69 Å². The summed E-state index contributed by atoms with van der Waals surface area (Å²) in [5, 5.41) is 0. The van der Waals surface area contributed by atoms with Crippen molar-refractivity contribution in [2.24, 2.45) is 15.7 Å². The van der Waals surface area contributed by atoms with Crippen molar-refractivity contribution in [2.75, 3.05) is 17.2 Å². The molecule has 0 saturated carbocycles. The van der Waals surface area contributed by atoms with Gasteiger partial charge in [0.25, 0.3) is 10.0 Å². The fourth-order valence-electron chi connectivity index (χ4n) is 2.14. The molecule has 1 unspecified atom stereocenters. The second kappa shape index (κ2) is 5.41. The first-order chi connectivity index (χ1) is 9.25. The van der Waals surface area contributed by atoms with Crippen LogP contribution >= 0.6 is 12.6 Å². The molecule has 0 bridgehead atoms. The Kier molecular flexibility index (Phi) is 4.16. The van der Waals surface area contributed by atoms with Crippen LogP contribution in [0.2, 0.25) is 0 Å². The average Bonchev–Trinajstić information content (AvgIpc) is 2.37. The van der Waals surface area contributed by atoms with Gasteiger partial charge in [-0.15, -0.1) is 4.40 Å². The van der Waals surface area contributed by atoms with Crippen molar-refractivity contribution in [3.8, 4) is 0 Å². The number of hydrogen-bond acceptors (Lipinski definition) is 4. The lowest BCUT2D eigenvalue weighted by Crippen LogP contribution is -2.38. The molecule has 0 radical (unpaired) electrons. The molecule has 0 saturated heterocycles. The topological polar surface area (TPSA) is 49.7 Å². The first-order valence-corrected chi connectivity index (χ1v) is 8.60. The molecule has 0 aromatic heterocycles. The minimum absolute atomic E-state index is 0.0981. The molecule has 1 aliphatic heterocycles. The quantitative estimate of drug-likeness (QED) is 0.873. The molecule has 20 heavy (non-hydrogen) atoms. The second-order valence-electron chi connectivity index (χ2n) is 6.06. The predicted molar refractivity (Wildman–Crippen MR) is 86.3 cm³/mol. The van der Waals surface area contributed by atoms with Crippen LogP contribution in [0.3, 0.4) is 0 Å². The molecule has 1 aromatic carbocycles. The highest BCUT2D eigenvalue weighted by atomic mass is 32.2. The minimum atomic E-state index is -3.54. The summed E-state index contributed by atoms with van der Waals surface area (Å²) in [5.41, 5.74) is 0.791. The lowest BCUT2D eigenvalue weighted by atomic mass is 9.81. The van der Waals surface area contributed by atoms with E-state index in [9.17, 15) is 8.42 Å². The van der Waals surface area contributed by atoms with E-state index in [1.807, 2.05) is 17.0 Å². The monoisotopic (exact) mass is 312 g/mol. The summed E-state index contributed by atoms with van der Waals surface area (Å²) in [6, 6.07) is 6.97. The zero-order chi connectivity index (χ0) is 15.0. The van der Waals surface area contributed by atoms with Crippen LogP contribution in [0.15, 0.2) is 33.6 Å². The third kappa shape index (κ3) is 3.01. The van der Waals surface area contributed by atoms with Gasteiger partial charge in [-0.3, -0.25) is 0 Å². The van der Waals surface area contributed by atoms with Gasteiger partial charge in [-0.05, 0) is 29.2 Å². The highest BCUT2D eigenvalue weighted by molar-refractivity contribution is 7.90. The molecule has 0 aliphatic carbocycles. The van der Waals surface area contributed by atoms with Gasteiger partial charge in [-0.2, -0.15) is 21.0 Å². The van der Waals surface area contributed by atoms with E-state index in [2.05, 4.69) is 37.8 Å². The van der Waals surface area contributed by atoms with Crippen molar-refractivity contribution in [3.05, 3.63) is 24.3 Å². The van der Waals surface area contributed by atoms with E-state index in [1.165, 1.54) is 6.34 Å². The molecule has 0 fully saturated rings. The van der Waals surface area contributed by atoms with Gasteiger partial charge >= 0.3 is 0 Å². The maximum absolute atomic E-state index is 11.9. The molecule has 1 aromatic rings. The van der Waals surface area contributed by atoms with Crippen molar-refractivity contribution in [1.82, 2.24) is 0 Å². The summed E-state index contributed by atoms with van der Waals surface area (Å²) in [4.78, 5) is 2.18. The fourth-order valence-corrected chi connectivity index (χ4v) is 3.85. The SMILES string of the molecule is CC(C)(C)C(CS)CN1C=NS(=O)(=O)c2ccccc21. The van der Waals surface area contributed by atoms with Crippen LogP contribution in [-0.2, 0) is 10.0 Å². The van der Waals surface area contributed by atoms with Crippen LogP contribution in [0.5, 0.6) is 0 Å². The number of para-hydroxylation sites is 1. The number of rotatable bonds is 3. The van der Waals surface area contributed by atoms with Crippen LogP contribution in [0.1, 0.15) is 20.8 Å². The number of thiol groups is 1.